The lowest BCUT2D eigenvalue weighted by atomic mass is 9.94. The van der Waals surface area contributed by atoms with Gasteiger partial charge < -0.3 is 4.74 Å². The highest BCUT2D eigenvalue weighted by atomic mass is 16.5. The van der Waals surface area contributed by atoms with Gasteiger partial charge in [-0.05, 0) is 39.7 Å². The summed E-state index contributed by atoms with van der Waals surface area (Å²) in [5.41, 5.74) is 1.35. The molecule has 0 radical (unpaired) electrons. The van der Waals surface area contributed by atoms with E-state index in [1.165, 1.54) is 0 Å². The standard InChI is InChI=1S/C15H26N2O2/c1-6-12-10-13(17(8-3)16-12)11-14(18)15(5,7-2)19-9-4/h10H,6-9,11H2,1-5H3. The second kappa shape index (κ2) is 6.85. The van der Waals surface area contributed by atoms with Crippen LogP contribution in [0.1, 0.15) is 52.4 Å². The highest BCUT2D eigenvalue weighted by molar-refractivity contribution is 5.88. The number of nitrogens with zero attached hydrogens (tertiary/aromatic N) is 2. The molecule has 0 aliphatic heterocycles. The van der Waals surface area contributed by atoms with Crippen LogP contribution in [0.4, 0.5) is 0 Å². The zero-order chi connectivity index (χ0) is 14.5. The summed E-state index contributed by atoms with van der Waals surface area (Å²) < 4.78 is 7.56. The van der Waals surface area contributed by atoms with Crippen molar-refractivity contribution in [2.45, 2.75) is 66.0 Å². The van der Waals surface area contributed by atoms with Gasteiger partial charge >= 0.3 is 0 Å². The molecule has 4 nitrogen and oxygen atoms in total. The van der Waals surface area contributed by atoms with Crippen molar-refractivity contribution in [3.8, 4) is 0 Å². The summed E-state index contributed by atoms with van der Waals surface area (Å²) in [6.45, 7) is 11.3. The third-order valence-electron chi connectivity index (χ3n) is 3.64. The van der Waals surface area contributed by atoms with Crippen molar-refractivity contribution >= 4 is 5.78 Å². The lowest BCUT2D eigenvalue weighted by Gasteiger charge is -2.26. The van der Waals surface area contributed by atoms with Crippen LogP contribution in [0.5, 0.6) is 0 Å². The molecule has 0 bridgehead atoms. The minimum atomic E-state index is -0.677. The molecule has 0 fully saturated rings. The maximum atomic E-state index is 12.5. The molecule has 0 aromatic carbocycles. The number of hydrogen-bond donors (Lipinski definition) is 0. The third kappa shape index (κ3) is 3.66. The van der Waals surface area contributed by atoms with Gasteiger partial charge in [-0.15, -0.1) is 0 Å². The Bertz CT molecular complexity index is 426. The molecule has 0 saturated carbocycles. The van der Waals surface area contributed by atoms with Gasteiger partial charge in [0.25, 0.3) is 0 Å². The zero-order valence-electron chi connectivity index (χ0n) is 12.8. The molecular weight excluding hydrogens is 240 g/mol. The topological polar surface area (TPSA) is 44.1 Å². The Labute approximate surface area is 116 Å². The first-order valence-electron chi connectivity index (χ1n) is 7.23. The molecule has 0 spiro atoms. The van der Waals surface area contributed by atoms with E-state index in [1.54, 1.807) is 0 Å². The van der Waals surface area contributed by atoms with Gasteiger partial charge in [-0.25, -0.2) is 0 Å². The molecule has 1 rings (SSSR count). The second-order valence-electron chi connectivity index (χ2n) is 4.91. The van der Waals surface area contributed by atoms with Crippen molar-refractivity contribution in [1.29, 1.82) is 0 Å². The largest absolute Gasteiger partial charge is 0.368 e. The van der Waals surface area contributed by atoms with Crippen molar-refractivity contribution in [2.24, 2.45) is 0 Å². The third-order valence-corrected chi connectivity index (χ3v) is 3.64. The molecule has 0 N–H and O–H groups in total. The zero-order valence-corrected chi connectivity index (χ0v) is 12.8. The number of rotatable bonds is 8. The number of aryl methyl sites for hydroxylation is 2. The number of carbonyl (C=O) groups is 1. The van der Waals surface area contributed by atoms with Crippen molar-refractivity contribution in [3.63, 3.8) is 0 Å². The van der Waals surface area contributed by atoms with Crippen LogP contribution in [-0.4, -0.2) is 27.8 Å². The summed E-state index contributed by atoms with van der Waals surface area (Å²) in [7, 11) is 0. The molecule has 0 amide bonds. The number of hydrogen-bond acceptors (Lipinski definition) is 3. The number of ketones is 1. The smallest absolute Gasteiger partial charge is 0.170 e. The van der Waals surface area contributed by atoms with Gasteiger partial charge in [0.15, 0.2) is 5.78 Å². The van der Waals surface area contributed by atoms with E-state index >= 15 is 0 Å². The van der Waals surface area contributed by atoms with E-state index in [9.17, 15) is 4.79 Å². The first kappa shape index (κ1) is 15.9. The summed E-state index contributed by atoms with van der Waals surface area (Å²) in [5, 5.41) is 4.48. The van der Waals surface area contributed by atoms with Gasteiger partial charge in [-0.3, -0.25) is 9.48 Å². The van der Waals surface area contributed by atoms with Gasteiger partial charge in [0.1, 0.15) is 5.60 Å². The van der Waals surface area contributed by atoms with E-state index < -0.39 is 5.60 Å². The summed E-state index contributed by atoms with van der Waals surface area (Å²) in [5.74, 6) is 0.133. The SMILES string of the molecule is CCOC(C)(CC)C(=O)Cc1cc(CC)nn1CC. The molecule has 0 aliphatic carbocycles. The fourth-order valence-electron chi connectivity index (χ4n) is 2.15. The van der Waals surface area contributed by atoms with Crippen LogP contribution in [0.2, 0.25) is 0 Å². The Balaban J connectivity index is 2.89. The predicted molar refractivity (Wildman–Crippen MR) is 76.3 cm³/mol. The Morgan fingerprint density at radius 3 is 2.53 bits per heavy atom. The van der Waals surface area contributed by atoms with E-state index in [0.717, 1.165) is 24.4 Å². The van der Waals surface area contributed by atoms with E-state index in [1.807, 2.05) is 38.4 Å². The Hall–Kier alpha value is -1.16. The van der Waals surface area contributed by atoms with Crippen LogP contribution in [0.25, 0.3) is 0 Å². The van der Waals surface area contributed by atoms with E-state index in [4.69, 9.17) is 4.74 Å². The Kier molecular flexibility index (Phi) is 5.73. The van der Waals surface area contributed by atoms with Gasteiger partial charge in [0.05, 0.1) is 12.1 Å². The quantitative estimate of drug-likeness (QED) is 0.726. The molecule has 1 aromatic rings. The van der Waals surface area contributed by atoms with Crippen LogP contribution >= 0.6 is 0 Å². The minimum absolute atomic E-state index is 0.133. The minimum Gasteiger partial charge on any atom is -0.368 e. The van der Waals surface area contributed by atoms with E-state index in [2.05, 4.69) is 12.0 Å². The Morgan fingerprint density at radius 1 is 1.37 bits per heavy atom. The molecule has 0 saturated heterocycles. The molecule has 1 atom stereocenters. The number of Topliss-reactive ketones (excluding diaryl/α,β-unsaturated/α-hetero) is 1. The highest BCUT2D eigenvalue weighted by Gasteiger charge is 2.32. The average Bonchev–Trinajstić information content (AvgIpc) is 2.81. The van der Waals surface area contributed by atoms with E-state index in [-0.39, 0.29) is 5.78 Å². The summed E-state index contributed by atoms with van der Waals surface area (Å²) in [4.78, 5) is 12.5. The summed E-state index contributed by atoms with van der Waals surface area (Å²) in [6, 6.07) is 2.03. The first-order valence-corrected chi connectivity index (χ1v) is 7.23. The van der Waals surface area contributed by atoms with Crippen LogP contribution in [0.15, 0.2) is 6.07 Å². The number of carbonyl (C=O) groups excluding carboxylic acids is 1. The van der Waals surface area contributed by atoms with Gasteiger partial charge in [0.2, 0.25) is 0 Å². The van der Waals surface area contributed by atoms with Crippen LogP contribution in [0, 0.1) is 0 Å². The predicted octanol–water partition coefficient (Wildman–Crippen LogP) is 2.78. The normalized spacial score (nSPS) is 14.4. The average molecular weight is 266 g/mol. The van der Waals surface area contributed by atoms with Gasteiger partial charge in [-0.1, -0.05) is 13.8 Å². The van der Waals surface area contributed by atoms with Crippen LogP contribution < -0.4 is 0 Å². The van der Waals surface area contributed by atoms with Crippen molar-refractivity contribution in [2.75, 3.05) is 6.61 Å². The Morgan fingerprint density at radius 2 is 2.05 bits per heavy atom. The van der Waals surface area contributed by atoms with Crippen molar-refractivity contribution < 1.29 is 9.53 Å². The lowest BCUT2D eigenvalue weighted by molar-refractivity contribution is -0.141. The van der Waals surface area contributed by atoms with Gasteiger partial charge in [0, 0.05) is 18.8 Å². The van der Waals surface area contributed by atoms with Gasteiger partial charge in [-0.2, -0.15) is 5.10 Å². The first-order chi connectivity index (χ1) is 9.00. The summed E-state index contributed by atoms with van der Waals surface area (Å²) in [6.07, 6.45) is 1.98. The monoisotopic (exact) mass is 266 g/mol. The maximum Gasteiger partial charge on any atom is 0.170 e. The summed E-state index contributed by atoms with van der Waals surface area (Å²) >= 11 is 0. The maximum absolute atomic E-state index is 12.5. The molecule has 0 aliphatic rings. The fourth-order valence-corrected chi connectivity index (χ4v) is 2.15. The van der Waals surface area contributed by atoms with Crippen LogP contribution in [-0.2, 0) is 28.9 Å². The molecule has 1 heterocycles. The molecule has 19 heavy (non-hydrogen) atoms. The second-order valence-corrected chi connectivity index (χ2v) is 4.91. The number of aromatic nitrogens is 2. The van der Waals surface area contributed by atoms with E-state index in [0.29, 0.717) is 19.4 Å². The van der Waals surface area contributed by atoms with Crippen LogP contribution in [0.3, 0.4) is 0 Å². The molecule has 1 unspecified atom stereocenters. The lowest BCUT2D eigenvalue weighted by Crippen LogP contribution is -2.39. The number of ether oxygens (including phenoxy) is 1. The molecule has 1 aromatic heterocycles. The highest BCUT2D eigenvalue weighted by Crippen LogP contribution is 2.19. The van der Waals surface area contributed by atoms with Crippen molar-refractivity contribution in [1.82, 2.24) is 9.78 Å². The molecular formula is C15H26N2O2. The molecule has 108 valence electrons. The molecule has 4 heteroatoms. The fraction of sp³-hybridized carbons (Fsp3) is 0.733. The van der Waals surface area contributed by atoms with Crippen molar-refractivity contribution in [3.05, 3.63) is 17.5 Å².